The van der Waals surface area contributed by atoms with Gasteiger partial charge in [0.05, 0.1) is 11.6 Å². The van der Waals surface area contributed by atoms with Crippen molar-refractivity contribution in [2.75, 3.05) is 11.9 Å². The highest BCUT2D eigenvalue weighted by atomic mass is 15.0. The summed E-state index contributed by atoms with van der Waals surface area (Å²) in [5.41, 5.74) is 3.21. The Balaban J connectivity index is 1.90. The van der Waals surface area contributed by atoms with Crippen LogP contribution in [0.25, 0.3) is 0 Å². The molecule has 0 saturated heterocycles. The van der Waals surface area contributed by atoms with E-state index >= 15 is 0 Å². The Bertz CT molecular complexity index is 570. The summed E-state index contributed by atoms with van der Waals surface area (Å²) in [5.74, 6) is 0.752. The standard InChI is InChI=1S/C15H15N3/c1-12-3-2-4-13(9-12)5-7-17-15-10-14(11-16)6-8-18-15/h2-4,6,8-10H,5,7H2,1H3,(H,17,18). The quantitative estimate of drug-likeness (QED) is 0.889. The van der Waals surface area contributed by atoms with E-state index in [0.29, 0.717) is 5.56 Å². The zero-order valence-electron chi connectivity index (χ0n) is 10.4. The van der Waals surface area contributed by atoms with Crippen LogP contribution < -0.4 is 5.32 Å². The minimum atomic E-state index is 0.628. The average molecular weight is 237 g/mol. The molecule has 1 aromatic carbocycles. The summed E-state index contributed by atoms with van der Waals surface area (Å²) in [6.45, 7) is 2.90. The smallest absolute Gasteiger partial charge is 0.127 e. The van der Waals surface area contributed by atoms with Crippen molar-refractivity contribution >= 4 is 5.82 Å². The Kier molecular flexibility index (Phi) is 3.93. The summed E-state index contributed by atoms with van der Waals surface area (Å²) >= 11 is 0. The molecule has 90 valence electrons. The second-order valence-electron chi connectivity index (χ2n) is 4.21. The first-order chi connectivity index (χ1) is 8.78. The Labute approximate surface area is 107 Å². The van der Waals surface area contributed by atoms with Crippen molar-refractivity contribution in [3.05, 3.63) is 59.3 Å². The second-order valence-corrected chi connectivity index (χ2v) is 4.21. The fraction of sp³-hybridized carbons (Fsp3) is 0.200. The van der Waals surface area contributed by atoms with Crippen LogP contribution in [0.5, 0.6) is 0 Å². The maximum Gasteiger partial charge on any atom is 0.127 e. The van der Waals surface area contributed by atoms with E-state index in [1.54, 1.807) is 18.3 Å². The molecule has 0 amide bonds. The van der Waals surface area contributed by atoms with Crippen LogP contribution in [0.3, 0.4) is 0 Å². The minimum Gasteiger partial charge on any atom is -0.370 e. The number of pyridine rings is 1. The minimum absolute atomic E-state index is 0.628. The van der Waals surface area contributed by atoms with Crippen LogP contribution in [0.4, 0.5) is 5.82 Å². The second kappa shape index (κ2) is 5.83. The molecule has 0 bridgehead atoms. The van der Waals surface area contributed by atoms with Crippen LogP contribution in [0.15, 0.2) is 42.6 Å². The van der Waals surface area contributed by atoms with Gasteiger partial charge in [-0.1, -0.05) is 29.8 Å². The summed E-state index contributed by atoms with van der Waals surface area (Å²) < 4.78 is 0. The van der Waals surface area contributed by atoms with Crippen molar-refractivity contribution in [1.29, 1.82) is 5.26 Å². The Morgan fingerprint density at radius 1 is 1.28 bits per heavy atom. The van der Waals surface area contributed by atoms with Gasteiger partial charge in [0.1, 0.15) is 5.82 Å². The number of nitrogens with one attached hydrogen (secondary N) is 1. The van der Waals surface area contributed by atoms with Crippen LogP contribution in [0.2, 0.25) is 0 Å². The first-order valence-electron chi connectivity index (χ1n) is 5.93. The number of benzene rings is 1. The number of nitriles is 1. The maximum absolute atomic E-state index is 8.79. The molecule has 2 aromatic rings. The van der Waals surface area contributed by atoms with Crippen LogP contribution in [-0.2, 0) is 6.42 Å². The monoisotopic (exact) mass is 237 g/mol. The summed E-state index contributed by atoms with van der Waals surface area (Å²) in [6, 6.07) is 14.0. The van der Waals surface area contributed by atoms with Crippen LogP contribution >= 0.6 is 0 Å². The Hall–Kier alpha value is -2.34. The molecule has 2 rings (SSSR count). The lowest BCUT2D eigenvalue weighted by atomic mass is 10.1. The van der Waals surface area contributed by atoms with Crippen molar-refractivity contribution in [3.63, 3.8) is 0 Å². The number of rotatable bonds is 4. The van der Waals surface area contributed by atoms with Crippen molar-refractivity contribution in [2.24, 2.45) is 0 Å². The lowest BCUT2D eigenvalue weighted by molar-refractivity contribution is 1.00. The zero-order valence-corrected chi connectivity index (χ0v) is 10.4. The Morgan fingerprint density at radius 2 is 2.17 bits per heavy atom. The van der Waals surface area contributed by atoms with E-state index in [1.165, 1.54) is 11.1 Å². The molecule has 1 heterocycles. The molecule has 1 aromatic heterocycles. The van der Waals surface area contributed by atoms with Gasteiger partial charge in [0.2, 0.25) is 0 Å². The van der Waals surface area contributed by atoms with Gasteiger partial charge in [0.25, 0.3) is 0 Å². The predicted molar refractivity (Wildman–Crippen MR) is 72.3 cm³/mol. The van der Waals surface area contributed by atoms with E-state index in [-0.39, 0.29) is 0 Å². The highest BCUT2D eigenvalue weighted by molar-refractivity contribution is 5.42. The molecule has 1 N–H and O–H groups in total. The first kappa shape index (κ1) is 12.1. The fourth-order valence-corrected chi connectivity index (χ4v) is 1.80. The van der Waals surface area contributed by atoms with Gasteiger partial charge in [-0.15, -0.1) is 0 Å². The molecule has 0 aliphatic heterocycles. The number of aromatic nitrogens is 1. The van der Waals surface area contributed by atoms with E-state index in [4.69, 9.17) is 5.26 Å². The van der Waals surface area contributed by atoms with Gasteiger partial charge in [0, 0.05) is 12.7 Å². The third kappa shape index (κ3) is 3.33. The number of hydrogen-bond donors (Lipinski definition) is 1. The molecule has 0 radical (unpaired) electrons. The summed E-state index contributed by atoms with van der Waals surface area (Å²) in [4.78, 5) is 4.17. The van der Waals surface area contributed by atoms with Gasteiger partial charge in [-0.2, -0.15) is 5.26 Å². The predicted octanol–water partition coefficient (Wildman–Crippen LogP) is 2.92. The third-order valence-corrected chi connectivity index (χ3v) is 2.69. The fourth-order valence-electron chi connectivity index (χ4n) is 1.80. The Morgan fingerprint density at radius 3 is 2.94 bits per heavy atom. The molecule has 18 heavy (non-hydrogen) atoms. The van der Waals surface area contributed by atoms with Crippen molar-refractivity contribution in [1.82, 2.24) is 4.98 Å². The molecule has 0 spiro atoms. The van der Waals surface area contributed by atoms with E-state index < -0.39 is 0 Å². The molecule has 0 atom stereocenters. The topological polar surface area (TPSA) is 48.7 Å². The highest BCUT2D eigenvalue weighted by Crippen LogP contribution is 2.07. The van der Waals surface area contributed by atoms with Gasteiger partial charge in [-0.3, -0.25) is 0 Å². The van der Waals surface area contributed by atoms with Gasteiger partial charge in [0.15, 0.2) is 0 Å². The van der Waals surface area contributed by atoms with E-state index in [2.05, 4.69) is 47.6 Å². The molecule has 0 unspecified atom stereocenters. The van der Waals surface area contributed by atoms with Gasteiger partial charge in [-0.05, 0) is 31.0 Å². The largest absolute Gasteiger partial charge is 0.370 e. The molecule has 3 heteroatoms. The third-order valence-electron chi connectivity index (χ3n) is 2.69. The molecular weight excluding hydrogens is 222 g/mol. The number of anilines is 1. The highest BCUT2D eigenvalue weighted by Gasteiger charge is 1.97. The maximum atomic E-state index is 8.79. The first-order valence-corrected chi connectivity index (χ1v) is 5.93. The van der Waals surface area contributed by atoms with Crippen LogP contribution in [-0.4, -0.2) is 11.5 Å². The number of nitrogens with zero attached hydrogens (tertiary/aromatic N) is 2. The van der Waals surface area contributed by atoms with Gasteiger partial charge < -0.3 is 5.32 Å². The molecule has 0 fully saturated rings. The molecule has 3 nitrogen and oxygen atoms in total. The zero-order chi connectivity index (χ0) is 12.8. The van der Waals surface area contributed by atoms with Crippen molar-refractivity contribution in [2.45, 2.75) is 13.3 Å². The number of hydrogen-bond acceptors (Lipinski definition) is 3. The summed E-state index contributed by atoms with van der Waals surface area (Å²) in [6.07, 6.45) is 2.59. The van der Waals surface area contributed by atoms with E-state index in [9.17, 15) is 0 Å². The molecule has 0 aliphatic rings. The molecular formula is C15H15N3. The molecule has 0 aliphatic carbocycles. The summed E-state index contributed by atoms with van der Waals surface area (Å²) in [7, 11) is 0. The normalized spacial score (nSPS) is 9.78. The van der Waals surface area contributed by atoms with E-state index in [0.717, 1.165) is 18.8 Å². The van der Waals surface area contributed by atoms with Crippen molar-refractivity contribution in [3.8, 4) is 6.07 Å². The lowest BCUT2D eigenvalue weighted by Crippen LogP contribution is -2.06. The average Bonchev–Trinajstić information content (AvgIpc) is 2.39. The van der Waals surface area contributed by atoms with Crippen LogP contribution in [0, 0.1) is 18.3 Å². The van der Waals surface area contributed by atoms with Crippen molar-refractivity contribution < 1.29 is 0 Å². The van der Waals surface area contributed by atoms with E-state index in [1.807, 2.05) is 0 Å². The SMILES string of the molecule is Cc1cccc(CCNc2cc(C#N)ccn2)c1. The summed E-state index contributed by atoms with van der Waals surface area (Å²) in [5, 5.41) is 12.0. The van der Waals surface area contributed by atoms with Crippen LogP contribution in [0.1, 0.15) is 16.7 Å². The van der Waals surface area contributed by atoms with Gasteiger partial charge in [-0.25, -0.2) is 4.98 Å². The van der Waals surface area contributed by atoms with Gasteiger partial charge >= 0.3 is 0 Å². The molecule has 0 saturated carbocycles. The number of aryl methyl sites for hydroxylation is 1. The lowest BCUT2D eigenvalue weighted by Gasteiger charge is -2.06.